The lowest BCUT2D eigenvalue weighted by molar-refractivity contribution is 0.813. The zero-order valence-corrected chi connectivity index (χ0v) is 10.4. The number of nitriles is 1. The molecule has 0 aliphatic carbocycles. The predicted octanol–water partition coefficient (Wildman–Crippen LogP) is 2.56. The molecule has 18 heavy (non-hydrogen) atoms. The van der Waals surface area contributed by atoms with Gasteiger partial charge in [0.2, 0.25) is 0 Å². The Bertz CT molecular complexity index is 586. The van der Waals surface area contributed by atoms with Crippen LogP contribution in [0, 0.1) is 11.3 Å². The van der Waals surface area contributed by atoms with E-state index in [9.17, 15) is 0 Å². The summed E-state index contributed by atoms with van der Waals surface area (Å²) in [5.41, 5.74) is 7.41. The molecule has 2 N–H and O–H groups in total. The van der Waals surface area contributed by atoms with E-state index in [0.717, 1.165) is 29.0 Å². The summed E-state index contributed by atoms with van der Waals surface area (Å²) in [4.78, 5) is 6.70. The fourth-order valence-electron chi connectivity index (χ4n) is 1.93. The molecular weight excluding hydrogens is 224 g/mol. The summed E-state index contributed by atoms with van der Waals surface area (Å²) >= 11 is 0. The first-order valence-electron chi connectivity index (χ1n) is 6.02. The number of nitrogens with two attached hydrogens (primary N) is 1. The van der Waals surface area contributed by atoms with Gasteiger partial charge in [-0.25, -0.2) is 4.98 Å². The molecule has 0 unspecified atom stereocenters. The molecule has 92 valence electrons. The Morgan fingerprint density at radius 3 is 2.89 bits per heavy atom. The van der Waals surface area contributed by atoms with Crippen LogP contribution in [0.3, 0.4) is 0 Å². The Morgan fingerprint density at radius 1 is 1.33 bits per heavy atom. The summed E-state index contributed by atoms with van der Waals surface area (Å²) < 4.78 is 0. The van der Waals surface area contributed by atoms with Crippen LogP contribution in [0.2, 0.25) is 0 Å². The second kappa shape index (κ2) is 5.37. The lowest BCUT2D eigenvalue weighted by Gasteiger charge is -2.20. The van der Waals surface area contributed by atoms with Crippen molar-refractivity contribution < 1.29 is 0 Å². The molecule has 0 fully saturated rings. The van der Waals surface area contributed by atoms with Gasteiger partial charge in [0.05, 0.1) is 18.0 Å². The molecular formula is C14H16N4. The standard InChI is InChI=1S/C14H16N4/c1-2-18(9-3-8-15)14-7-4-11-10-12(16)5-6-13(11)17-14/h4-7,10H,2-3,9,16H2,1H3. The summed E-state index contributed by atoms with van der Waals surface area (Å²) in [6.07, 6.45) is 0.509. The van der Waals surface area contributed by atoms with Gasteiger partial charge in [0.15, 0.2) is 0 Å². The summed E-state index contributed by atoms with van der Waals surface area (Å²) in [5, 5.41) is 9.69. The molecule has 1 aromatic carbocycles. The lowest BCUT2D eigenvalue weighted by atomic mass is 10.2. The molecule has 0 aliphatic heterocycles. The van der Waals surface area contributed by atoms with Crippen LogP contribution in [0.15, 0.2) is 30.3 Å². The van der Waals surface area contributed by atoms with Crippen LogP contribution in [0.5, 0.6) is 0 Å². The van der Waals surface area contributed by atoms with Crippen LogP contribution in [-0.4, -0.2) is 18.1 Å². The van der Waals surface area contributed by atoms with Crippen LogP contribution in [0.4, 0.5) is 11.5 Å². The Hall–Kier alpha value is -2.28. The third kappa shape index (κ3) is 2.51. The normalized spacial score (nSPS) is 10.2. The highest BCUT2D eigenvalue weighted by Gasteiger charge is 2.06. The third-order valence-electron chi connectivity index (χ3n) is 2.90. The maximum Gasteiger partial charge on any atom is 0.129 e. The number of hydrogen-bond acceptors (Lipinski definition) is 4. The van der Waals surface area contributed by atoms with E-state index in [2.05, 4.69) is 22.9 Å². The number of aromatic nitrogens is 1. The van der Waals surface area contributed by atoms with E-state index < -0.39 is 0 Å². The lowest BCUT2D eigenvalue weighted by Crippen LogP contribution is -2.24. The predicted molar refractivity (Wildman–Crippen MR) is 74.3 cm³/mol. The molecule has 0 spiro atoms. The largest absolute Gasteiger partial charge is 0.399 e. The van der Waals surface area contributed by atoms with Gasteiger partial charge in [-0.2, -0.15) is 5.26 Å². The van der Waals surface area contributed by atoms with Crippen molar-refractivity contribution in [3.8, 4) is 6.07 Å². The van der Waals surface area contributed by atoms with Crippen molar-refractivity contribution in [1.82, 2.24) is 4.98 Å². The first kappa shape index (κ1) is 12.2. The van der Waals surface area contributed by atoms with Gasteiger partial charge in [0, 0.05) is 24.2 Å². The second-order valence-electron chi connectivity index (χ2n) is 4.11. The number of hydrogen-bond donors (Lipinski definition) is 1. The van der Waals surface area contributed by atoms with Crippen LogP contribution < -0.4 is 10.6 Å². The summed E-state index contributed by atoms with van der Waals surface area (Å²) in [6.45, 7) is 3.61. The quantitative estimate of drug-likeness (QED) is 0.834. The third-order valence-corrected chi connectivity index (χ3v) is 2.90. The topological polar surface area (TPSA) is 65.9 Å². The number of fused-ring (bicyclic) bond motifs is 1. The first-order chi connectivity index (χ1) is 8.74. The SMILES string of the molecule is CCN(CCC#N)c1ccc2cc(N)ccc2n1. The van der Waals surface area contributed by atoms with Crippen LogP contribution >= 0.6 is 0 Å². The highest BCUT2D eigenvalue weighted by molar-refractivity contribution is 5.83. The van der Waals surface area contributed by atoms with Gasteiger partial charge in [0.1, 0.15) is 5.82 Å². The Morgan fingerprint density at radius 2 is 2.17 bits per heavy atom. The van der Waals surface area contributed by atoms with E-state index in [4.69, 9.17) is 11.0 Å². The second-order valence-corrected chi connectivity index (χ2v) is 4.11. The van der Waals surface area contributed by atoms with Gasteiger partial charge in [0.25, 0.3) is 0 Å². The molecule has 0 saturated heterocycles. The Kier molecular flexibility index (Phi) is 3.63. The zero-order valence-electron chi connectivity index (χ0n) is 10.4. The molecule has 2 aromatic rings. The monoisotopic (exact) mass is 240 g/mol. The van der Waals surface area contributed by atoms with Crippen molar-refractivity contribution in [3.63, 3.8) is 0 Å². The maximum absolute atomic E-state index is 8.65. The molecule has 0 saturated carbocycles. The van der Waals surface area contributed by atoms with Crippen LogP contribution in [0.1, 0.15) is 13.3 Å². The molecule has 0 bridgehead atoms. The smallest absolute Gasteiger partial charge is 0.129 e. The van der Waals surface area contributed by atoms with Gasteiger partial charge in [-0.05, 0) is 37.3 Å². The summed E-state index contributed by atoms with van der Waals surface area (Å²) in [5.74, 6) is 0.907. The van der Waals surface area contributed by atoms with Gasteiger partial charge < -0.3 is 10.6 Å². The Balaban J connectivity index is 2.34. The molecule has 0 atom stereocenters. The van der Waals surface area contributed by atoms with E-state index in [1.807, 2.05) is 30.3 Å². The van der Waals surface area contributed by atoms with Gasteiger partial charge in [-0.3, -0.25) is 0 Å². The van der Waals surface area contributed by atoms with Crippen molar-refractivity contribution in [3.05, 3.63) is 30.3 Å². The minimum atomic E-state index is 0.509. The molecule has 1 aromatic heterocycles. The molecule has 0 aliphatic rings. The Labute approximate surface area is 107 Å². The zero-order chi connectivity index (χ0) is 13.0. The van der Waals surface area contributed by atoms with Crippen LogP contribution in [-0.2, 0) is 0 Å². The summed E-state index contributed by atoms with van der Waals surface area (Å²) in [6, 6.07) is 11.8. The number of nitrogens with zero attached hydrogens (tertiary/aromatic N) is 3. The van der Waals surface area contributed by atoms with Crippen molar-refractivity contribution >= 4 is 22.4 Å². The molecule has 4 nitrogen and oxygen atoms in total. The minimum absolute atomic E-state index is 0.509. The maximum atomic E-state index is 8.65. The number of rotatable bonds is 4. The number of pyridine rings is 1. The molecule has 0 radical (unpaired) electrons. The number of benzene rings is 1. The van der Waals surface area contributed by atoms with Crippen molar-refractivity contribution in [2.24, 2.45) is 0 Å². The van der Waals surface area contributed by atoms with Crippen molar-refractivity contribution in [2.45, 2.75) is 13.3 Å². The highest BCUT2D eigenvalue weighted by atomic mass is 15.2. The van der Waals surface area contributed by atoms with E-state index in [1.165, 1.54) is 0 Å². The van der Waals surface area contributed by atoms with Crippen LogP contribution in [0.25, 0.3) is 10.9 Å². The average Bonchev–Trinajstić information content (AvgIpc) is 2.39. The van der Waals surface area contributed by atoms with E-state index >= 15 is 0 Å². The van der Waals surface area contributed by atoms with E-state index in [0.29, 0.717) is 13.0 Å². The van der Waals surface area contributed by atoms with E-state index in [-0.39, 0.29) is 0 Å². The van der Waals surface area contributed by atoms with Gasteiger partial charge in [-0.1, -0.05) is 0 Å². The first-order valence-corrected chi connectivity index (χ1v) is 6.02. The molecule has 4 heteroatoms. The van der Waals surface area contributed by atoms with E-state index in [1.54, 1.807) is 0 Å². The number of anilines is 2. The fourth-order valence-corrected chi connectivity index (χ4v) is 1.93. The minimum Gasteiger partial charge on any atom is -0.399 e. The van der Waals surface area contributed by atoms with Gasteiger partial charge >= 0.3 is 0 Å². The molecule has 1 heterocycles. The molecule has 0 amide bonds. The molecule has 2 rings (SSSR count). The van der Waals surface area contributed by atoms with Crippen molar-refractivity contribution in [2.75, 3.05) is 23.7 Å². The summed E-state index contributed by atoms with van der Waals surface area (Å²) in [7, 11) is 0. The number of nitrogen functional groups attached to an aromatic ring is 1. The van der Waals surface area contributed by atoms with Crippen molar-refractivity contribution in [1.29, 1.82) is 5.26 Å². The fraction of sp³-hybridized carbons (Fsp3) is 0.286. The average molecular weight is 240 g/mol. The van der Waals surface area contributed by atoms with Gasteiger partial charge in [-0.15, -0.1) is 0 Å². The highest BCUT2D eigenvalue weighted by Crippen LogP contribution is 2.20.